The lowest BCUT2D eigenvalue weighted by Gasteiger charge is -2.08. The van der Waals surface area contributed by atoms with E-state index in [1.54, 1.807) is 18.5 Å². The van der Waals surface area contributed by atoms with E-state index in [9.17, 15) is 4.39 Å². The van der Waals surface area contributed by atoms with Gasteiger partial charge in [0.2, 0.25) is 0 Å². The van der Waals surface area contributed by atoms with Gasteiger partial charge in [0.05, 0.1) is 23.9 Å². The number of hydrogen-bond acceptors (Lipinski definition) is 2. The van der Waals surface area contributed by atoms with Crippen LogP contribution in [0, 0.1) is 5.82 Å². The molecule has 96 valence electrons. The Kier molecular flexibility index (Phi) is 3.01. The van der Waals surface area contributed by atoms with E-state index < -0.39 is 0 Å². The Morgan fingerprint density at radius 1 is 1.05 bits per heavy atom. The topological polar surface area (TPSA) is 43.8 Å². The summed E-state index contributed by atoms with van der Waals surface area (Å²) in [5.41, 5.74) is 8.61. The Labute approximate surface area is 110 Å². The van der Waals surface area contributed by atoms with Crippen molar-refractivity contribution in [3.8, 4) is 0 Å². The minimum atomic E-state index is -0.220. The molecule has 0 fully saturated rings. The highest BCUT2D eigenvalue weighted by Crippen LogP contribution is 2.17. The number of rotatable bonds is 3. The SMILES string of the molecule is NCc1cccc(Cn2cnc3ccccc32)c1F. The third-order valence-corrected chi connectivity index (χ3v) is 3.25. The predicted octanol–water partition coefficient (Wildman–Crippen LogP) is 2.68. The van der Waals surface area contributed by atoms with Crippen molar-refractivity contribution in [2.75, 3.05) is 0 Å². The number of imidazole rings is 1. The molecule has 0 spiro atoms. The number of aromatic nitrogens is 2. The molecule has 0 saturated carbocycles. The average Bonchev–Trinajstić information content (AvgIpc) is 2.85. The van der Waals surface area contributed by atoms with Crippen molar-refractivity contribution >= 4 is 11.0 Å². The van der Waals surface area contributed by atoms with Crippen LogP contribution in [0.2, 0.25) is 0 Å². The predicted molar refractivity (Wildman–Crippen MR) is 73.1 cm³/mol. The van der Waals surface area contributed by atoms with Gasteiger partial charge in [-0.25, -0.2) is 9.37 Å². The Morgan fingerprint density at radius 3 is 2.68 bits per heavy atom. The number of halogens is 1. The van der Waals surface area contributed by atoms with Crippen molar-refractivity contribution in [2.45, 2.75) is 13.1 Å². The van der Waals surface area contributed by atoms with E-state index in [1.807, 2.05) is 34.9 Å². The van der Waals surface area contributed by atoms with Gasteiger partial charge < -0.3 is 10.3 Å². The highest BCUT2D eigenvalue weighted by atomic mass is 19.1. The Morgan fingerprint density at radius 2 is 1.84 bits per heavy atom. The maximum atomic E-state index is 14.2. The third kappa shape index (κ3) is 2.11. The fourth-order valence-electron chi connectivity index (χ4n) is 2.23. The summed E-state index contributed by atoms with van der Waals surface area (Å²) >= 11 is 0. The summed E-state index contributed by atoms with van der Waals surface area (Å²) < 4.78 is 16.1. The molecule has 4 heteroatoms. The summed E-state index contributed by atoms with van der Waals surface area (Å²) in [6.45, 7) is 0.671. The molecule has 0 amide bonds. The normalized spacial score (nSPS) is 11.1. The van der Waals surface area contributed by atoms with Gasteiger partial charge in [-0.3, -0.25) is 0 Å². The van der Waals surface area contributed by atoms with Gasteiger partial charge >= 0.3 is 0 Å². The smallest absolute Gasteiger partial charge is 0.132 e. The lowest BCUT2D eigenvalue weighted by atomic mass is 10.1. The summed E-state index contributed by atoms with van der Waals surface area (Å²) in [5.74, 6) is -0.220. The summed E-state index contributed by atoms with van der Waals surface area (Å²) in [6.07, 6.45) is 1.74. The molecule has 3 nitrogen and oxygen atoms in total. The molecule has 0 bridgehead atoms. The van der Waals surface area contributed by atoms with Gasteiger partial charge in [-0.1, -0.05) is 30.3 Å². The maximum Gasteiger partial charge on any atom is 0.132 e. The van der Waals surface area contributed by atoms with Crippen LogP contribution >= 0.6 is 0 Å². The van der Waals surface area contributed by atoms with E-state index in [1.165, 1.54) is 0 Å². The molecule has 0 aliphatic carbocycles. The Bertz CT molecular complexity index is 718. The number of hydrogen-bond donors (Lipinski definition) is 1. The van der Waals surface area contributed by atoms with Crippen molar-refractivity contribution in [1.29, 1.82) is 0 Å². The van der Waals surface area contributed by atoms with Crippen LogP contribution in [0.3, 0.4) is 0 Å². The lowest BCUT2D eigenvalue weighted by molar-refractivity contribution is 0.586. The molecule has 2 N–H and O–H groups in total. The van der Waals surface area contributed by atoms with Gasteiger partial charge in [0.25, 0.3) is 0 Å². The average molecular weight is 255 g/mol. The number of nitrogens with two attached hydrogens (primary N) is 1. The van der Waals surface area contributed by atoms with E-state index in [2.05, 4.69) is 4.98 Å². The molecular formula is C15H14FN3. The van der Waals surface area contributed by atoms with E-state index in [4.69, 9.17) is 5.73 Å². The van der Waals surface area contributed by atoms with Crippen LogP contribution in [-0.2, 0) is 13.1 Å². The molecule has 0 saturated heterocycles. The second-order valence-electron chi connectivity index (χ2n) is 4.46. The van der Waals surface area contributed by atoms with Crippen molar-refractivity contribution in [2.24, 2.45) is 5.73 Å². The van der Waals surface area contributed by atoms with Crippen LogP contribution in [0.4, 0.5) is 4.39 Å². The van der Waals surface area contributed by atoms with Crippen LogP contribution in [0.1, 0.15) is 11.1 Å². The quantitative estimate of drug-likeness (QED) is 0.782. The lowest BCUT2D eigenvalue weighted by Crippen LogP contribution is -2.06. The minimum absolute atomic E-state index is 0.213. The molecule has 3 rings (SSSR count). The fourth-order valence-corrected chi connectivity index (χ4v) is 2.23. The summed E-state index contributed by atoms with van der Waals surface area (Å²) in [4.78, 5) is 4.30. The van der Waals surface area contributed by atoms with Crippen LogP contribution in [0.25, 0.3) is 11.0 Å². The fraction of sp³-hybridized carbons (Fsp3) is 0.133. The molecule has 0 atom stereocenters. The first-order chi connectivity index (χ1) is 9.29. The van der Waals surface area contributed by atoms with Crippen LogP contribution < -0.4 is 5.73 Å². The van der Waals surface area contributed by atoms with Gasteiger partial charge in [0.1, 0.15) is 5.82 Å². The standard InChI is InChI=1S/C15H14FN3/c16-15-11(8-17)4-3-5-12(15)9-19-10-18-13-6-1-2-7-14(13)19/h1-7,10H,8-9,17H2. The second-order valence-corrected chi connectivity index (χ2v) is 4.46. The maximum absolute atomic E-state index is 14.2. The van der Waals surface area contributed by atoms with Gasteiger partial charge in [0, 0.05) is 17.7 Å². The van der Waals surface area contributed by atoms with E-state index >= 15 is 0 Å². The van der Waals surface area contributed by atoms with E-state index in [-0.39, 0.29) is 12.4 Å². The molecular weight excluding hydrogens is 241 g/mol. The largest absolute Gasteiger partial charge is 0.326 e. The molecule has 0 aliphatic heterocycles. The highest BCUT2D eigenvalue weighted by molar-refractivity contribution is 5.75. The molecule has 0 aliphatic rings. The first kappa shape index (κ1) is 11.9. The number of fused-ring (bicyclic) bond motifs is 1. The Hall–Kier alpha value is -2.20. The highest BCUT2D eigenvalue weighted by Gasteiger charge is 2.09. The number of nitrogens with zero attached hydrogens (tertiary/aromatic N) is 2. The van der Waals surface area contributed by atoms with Crippen molar-refractivity contribution in [1.82, 2.24) is 9.55 Å². The van der Waals surface area contributed by atoms with Crippen molar-refractivity contribution in [3.05, 3.63) is 65.7 Å². The molecule has 1 aromatic heterocycles. The zero-order chi connectivity index (χ0) is 13.2. The van der Waals surface area contributed by atoms with Gasteiger partial charge in [0.15, 0.2) is 0 Å². The molecule has 19 heavy (non-hydrogen) atoms. The molecule has 0 radical (unpaired) electrons. The summed E-state index contributed by atoms with van der Waals surface area (Å²) in [5, 5.41) is 0. The molecule has 1 heterocycles. The van der Waals surface area contributed by atoms with Crippen molar-refractivity contribution < 1.29 is 4.39 Å². The molecule has 3 aromatic rings. The Balaban J connectivity index is 2.02. The van der Waals surface area contributed by atoms with Gasteiger partial charge in [-0.2, -0.15) is 0 Å². The first-order valence-electron chi connectivity index (χ1n) is 6.16. The van der Waals surface area contributed by atoms with E-state index in [0.29, 0.717) is 17.7 Å². The molecule has 0 unspecified atom stereocenters. The number of para-hydroxylation sites is 2. The van der Waals surface area contributed by atoms with E-state index in [0.717, 1.165) is 11.0 Å². The summed E-state index contributed by atoms with van der Waals surface area (Å²) in [7, 11) is 0. The zero-order valence-corrected chi connectivity index (χ0v) is 10.4. The van der Waals surface area contributed by atoms with Crippen molar-refractivity contribution in [3.63, 3.8) is 0 Å². The third-order valence-electron chi connectivity index (χ3n) is 3.25. The van der Waals surface area contributed by atoms with Crippen LogP contribution in [0.15, 0.2) is 48.8 Å². The minimum Gasteiger partial charge on any atom is -0.326 e. The first-order valence-corrected chi connectivity index (χ1v) is 6.16. The van der Waals surface area contributed by atoms with Gasteiger partial charge in [-0.15, -0.1) is 0 Å². The van der Waals surface area contributed by atoms with Crippen LogP contribution in [0.5, 0.6) is 0 Å². The van der Waals surface area contributed by atoms with Crippen LogP contribution in [-0.4, -0.2) is 9.55 Å². The van der Waals surface area contributed by atoms with Gasteiger partial charge in [-0.05, 0) is 12.1 Å². The summed E-state index contributed by atoms with van der Waals surface area (Å²) in [6, 6.07) is 13.1. The zero-order valence-electron chi connectivity index (χ0n) is 10.4. The number of benzene rings is 2. The molecule has 2 aromatic carbocycles. The monoisotopic (exact) mass is 255 g/mol. The second kappa shape index (κ2) is 4.82.